The van der Waals surface area contributed by atoms with Gasteiger partial charge in [0.2, 0.25) is 0 Å². The summed E-state index contributed by atoms with van der Waals surface area (Å²) in [5, 5.41) is 17.2. The molecule has 0 spiro atoms. The SMILES string of the molecule is COc1cccc(CN=C(NCCc2cccs2)NCc2nnc(C)n2C)c1.I. The highest BCUT2D eigenvalue weighted by Crippen LogP contribution is 2.13. The summed E-state index contributed by atoms with van der Waals surface area (Å²) in [7, 11) is 3.63. The first-order valence-electron chi connectivity index (χ1n) is 9.18. The van der Waals surface area contributed by atoms with Gasteiger partial charge in [-0.3, -0.25) is 0 Å². The molecule has 0 unspecified atom stereocenters. The molecule has 9 heteroatoms. The Morgan fingerprint density at radius 1 is 1.21 bits per heavy atom. The van der Waals surface area contributed by atoms with Gasteiger partial charge in [0.15, 0.2) is 11.8 Å². The molecule has 0 fully saturated rings. The van der Waals surface area contributed by atoms with E-state index in [-0.39, 0.29) is 24.0 Å². The van der Waals surface area contributed by atoms with Crippen LogP contribution in [0.1, 0.15) is 22.1 Å². The van der Waals surface area contributed by atoms with Crippen molar-refractivity contribution < 1.29 is 4.74 Å². The quantitative estimate of drug-likeness (QED) is 0.268. The smallest absolute Gasteiger partial charge is 0.191 e. The van der Waals surface area contributed by atoms with E-state index in [2.05, 4.69) is 38.3 Å². The molecule has 0 amide bonds. The lowest BCUT2D eigenvalue weighted by atomic mass is 10.2. The van der Waals surface area contributed by atoms with E-state index in [4.69, 9.17) is 9.73 Å². The fraction of sp³-hybridized carbons (Fsp3) is 0.350. The van der Waals surface area contributed by atoms with Crippen LogP contribution < -0.4 is 15.4 Å². The number of nitrogens with zero attached hydrogens (tertiary/aromatic N) is 4. The number of hydrogen-bond donors (Lipinski definition) is 2. The van der Waals surface area contributed by atoms with E-state index in [0.717, 1.165) is 41.9 Å². The molecular formula is C20H27IN6OS. The number of aryl methyl sites for hydroxylation is 1. The van der Waals surface area contributed by atoms with Crippen LogP contribution in [0, 0.1) is 6.92 Å². The predicted octanol–water partition coefficient (Wildman–Crippen LogP) is 3.29. The molecule has 0 aliphatic rings. The summed E-state index contributed by atoms with van der Waals surface area (Å²) >= 11 is 1.77. The second kappa shape index (κ2) is 11.8. The summed E-state index contributed by atoms with van der Waals surface area (Å²) in [5.74, 6) is 3.34. The van der Waals surface area contributed by atoms with Gasteiger partial charge in [-0.2, -0.15) is 0 Å². The maximum atomic E-state index is 5.29. The Balaban J connectivity index is 0.00000300. The zero-order valence-electron chi connectivity index (χ0n) is 16.9. The third-order valence-electron chi connectivity index (χ3n) is 4.39. The van der Waals surface area contributed by atoms with Crippen molar-refractivity contribution in [2.75, 3.05) is 13.7 Å². The molecule has 7 nitrogen and oxygen atoms in total. The number of halogens is 1. The Morgan fingerprint density at radius 2 is 2.07 bits per heavy atom. The van der Waals surface area contributed by atoms with Crippen molar-refractivity contribution in [2.45, 2.75) is 26.4 Å². The lowest BCUT2D eigenvalue weighted by Crippen LogP contribution is -2.38. The first-order chi connectivity index (χ1) is 13.7. The molecule has 0 aliphatic heterocycles. The molecule has 0 bridgehead atoms. The van der Waals surface area contributed by atoms with Crippen LogP contribution in [0.15, 0.2) is 46.8 Å². The summed E-state index contributed by atoms with van der Waals surface area (Å²) in [4.78, 5) is 6.08. The second-order valence-electron chi connectivity index (χ2n) is 6.35. The average Bonchev–Trinajstić information content (AvgIpc) is 3.34. The fourth-order valence-electron chi connectivity index (χ4n) is 2.64. The molecule has 3 rings (SSSR count). The number of guanidine groups is 1. The Morgan fingerprint density at radius 3 is 2.76 bits per heavy atom. The Hall–Kier alpha value is -2.14. The van der Waals surface area contributed by atoms with E-state index in [9.17, 15) is 0 Å². The molecule has 156 valence electrons. The molecule has 2 heterocycles. The van der Waals surface area contributed by atoms with Crippen LogP contribution in [0.2, 0.25) is 0 Å². The number of ether oxygens (including phenoxy) is 1. The van der Waals surface area contributed by atoms with Crippen molar-refractivity contribution >= 4 is 41.3 Å². The molecule has 3 aromatic rings. The zero-order chi connectivity index (χ0) is 19.8. The van der Waals surface area contributed by atoms with Gasteiger partial charge in [0.25, 0.3) is 0 Å². The zero-order valence-corrected chi connectivity index (χ0v) is 20.0. The summed E-state index contributed by atoms with van der Waals surface area (Å²) in [6.07, 6.45) is 0.959. The average molecular weight is 526 g/mol. The van der Waals surface area contributed by atoms with Crippen LogP contribution in [-0.4, -0.2) is 34.4 Å². The highest BCUT2D eigenvalue weighted by molar-refractivity contribution is 14.0. The fourth-order valence-corrected chi connectivity index (χ4v) is 3.35. The predicted molar refractivity (Wildman–Crippen MR) is 128 cm³/mol. The van der Waals surface area contributed by atoms with Gasteiger partial charge in [0, 0.05) is 18.5 Å². The number of thiophene rings is 1. The van der Waals surface area contributed by atoms with Gasteiger partial charge in [-0.25, -0.2) is 4.99 Å². The number of rotatable bonds is 8. The van der Waals surface area contributed by atoms with Gasteiger partial charge in [-0.1, -0.05) is 18.2 Å². The topological polar surface area (TPSA) is 76.4 Å². The molecular weight excluding hydrogens is 499 g/mol. The van der Waals surface area contributed by atoms with E-state index < -0.39 is 0 Å². The minimum Gasteiger partial charge on any atom is -0.497 e. The number of nitrogens with one attached hydrogen (secondary N) is 2. The third kappa shape index (κ3) is 7.00. The normalized spacial score (nSPS) is 11.1. The van der Waals surface area contributed by atoms with Crippen LogP contribution in [-0.2, 0) is 26.6 Å². The Bertz CT molecular complexity index is 910. The molecule has 0 aliphatic carbocycles. The molecule has 0 radical (unpaired) electrons. The number of benzene rings is 1. The second-order valence-corrected chi connectivity index (χ2v) is 7.38. The third-order valence-corrected chi connectivity index (χ3v) is 5.33. The van der Waals surface area contributed by atoms with Gasteiger partial charge < -0.3 is 19.9 Å². The minimum atomic E-state index is 0. The molecule has 0 saturated carbocycles. The summed E-state index contributed by atoms with van der Waals surface area (Å²) in [6.45, 7) is 3.86. The highest BCUT2D eigenvalue weighted by Gasteiger charge is 2.07. The lowest BCUT2D eigenvalue weighted by molar-refractivity contribution is 0.414. The maximum Gasteiger partial charge on any atom is 0.191 e. The van der Waals surface area contributed by atoms with Crippen LogP contribution in [0.4, 0.5) is 0 Å². The van der Waals surface area contributed by atoms with E-state index in [1.165, 1.54) is 4.88 Å². The molecule has 29 heavy (non-hydrogen) atoms. The number of aromatic nitrogens is 3. The monoisotopic (exact) mass is 526 g/mol. The number of hydrogen-bond acceptors (Lipinski definition) is 5. The largest absolute Gasteiger partial charge is 0.497 e. The van der Waals surface area contributed by atoms with Crippen molar-refractivity contribution in [1.29, 1.82) is 0 Å². The van der Waals surface area contributed by atoms with E-state index >= 15 is 0 Å². The van der Waals surface area contributed by atoms with Crippen LogP contribution in [0.5, 0.6) is 5.75 Å². The Labute approximate surface area is 192 Å². The maximum absolute atomic E-state index is 5.29. The van der Waals surface area contributed by atoms with E-state index in [0.29, 0.717) is 13.1 Å². The van der Waals surface area contributed by atoms with Gasteiger partial charge >= 0.3 is 0 Å². The van der Waals surface area contributed by atoms with E-state index in [1.54, 1.807) is 18.4 Å². The van der Waals surface area contributed by atoms with Crippen molar-refractivity contribution in [2.24, 2.45) is 12.0 Å². The van der Waals surface area contributed by atoms with Gasteiger partial charge in [0.05, 0.1) is 20.2 Å². The van der Waals surface area contributed by atoms with Crippen molar-refractivity contribution in [3.8, 4) is 5.75 Å². The van der Waals surface area contributed by atoms with E-state index in [1.807, 2.05) is 42.8 Å². The summed E-state index contributed by atoms with van der Waals surface area (Å²) < 4.78 is 7.26. The van der Waals surface area contributed by atoms with Crippen molar-refractivity contribution in [3.05, 3.63) is 63.9 Å². The molecule has 2 aromatic heterocycles. The Kier molecular flexibility index (Phi) is 9.39. The van der Waals surface area contributed by atoms with Gasteiger partial charge in [-0.15, -0.1) is 45.5 Å². The van der Waals surface area contributed by atoms with Gasteiger partial charge in [-0.05, 0) is 42.5 Å². The standard InChI is InChI=1S/C20H26N6OS.HI/c1-15-24-25-19(26(15)2)14-23-20(21-10-9-18-8-5-11-28-18)22-13-16-6-4-7-17(12-16)27-3;/h4-8,11-12H,9-10,13-14H2,1-3H3,(H2,21,22,23);1H. The van der Waals surface area contributed by atoms with Crippen molar-refractivity contribution in [1.82, 2.24) is 25.4 Å². The van der Waals surface area contributed by atoms with Crippen LogP contribution >= 0.6 is 35.3 Å². The molecule has 1 aromatic carbocycles. The summed E-state index contributed by atoms with van der Waals surface area (Å²) in [6, 6.07) is 12.2. The number of aliphatic imine (C=N–C) groups is 1. The van der Waals surface area contributed by atoms with Crippen molar-refractivity contribution in [3.63, 3.8) is 0 Å². The number of methoxy groups -OCH3 is 1. The first kappa shape index (κ1) is 23.1. The summed E-state index contributed by atoms with van der Waals surface area (Å²) in [5.41, 5.74) is 1.09. The molecule has 0 saturated heterocycles. The molecule has 2 N–H and O–H groups in total. The van der Waals surface area contributed by atoms with Gasteiger partial charge in [0.1, 0.15) is 11.6 Å². The minimum absolute atomic E-state index is 0. The van der Waals surface area contributed by atoms with Crippen LogP contribution in [0.3, 0.4) is 0 Å². The lowest BCUT2D eigenvalue weighted by Gasteiger charge is -2.12. The highest BCUT2D eigenvalue weighted by atomic mass is 127. The van der Waals surface area contributed by atoms with Crippen LogP contribution in [0.25, 0.3) is 0 Å². The molecule has 0 atom stereocenters. The first-order valence-corrected chi connectivity index (χ1v) is 10.1.